The Morgan fingerprint density at radius 1 is 1.14 bits per heavy atom. The highest BCUT2D eigenvalue weighted by Gasteiger charge is 2.14. The molecule has 0 N–H and O–H groups in total. The average molecular weight is 354 g/mol. The molecule has 0 radical (unpaired) electrons. The van der Waals surface area contributed by atoms with E-state index in [2.05, 4.69) is 15.9 Å². The van der Waals surface area contributed by atoms with Crippen molar-refractivity contribution in [2.24, 2.45) is 0 Å². The van der Waals surface area contributed by atoms with E-state index < -0.39 is 11.6 Å². The van der Waals surface area contributed by atoms with E-state index in [-0.39, 0.29) is 17.9 Å². The molecule has 21 heavy (non-hydrogen) atoms. The number of hydrogen-bond acceptors (Lipinski definition) is 2. The van der Waals surface area contributed by atoms with E-state index in [1.807, 2.05) is 24.3 Å². The number of halogens is 3. The first-order valence-electron chi connectivity index (χ1n) is 6.37. The second-order valence-electron chi connectivity index (χ2n) is 4.85. The summed E-state index contributed by atoms with van der Waals surface area (Å²) in [6.45, 7) is 0.639. The SMILES string of the molecule is CN(CC(=O)c1ccc(F)cc1F)Cc1ccc(Br)cc1. The van der Waals surface area contributed by atoms with Crippen LogP contribution in [0.1, 0.15) is 15.9 Å². The molecule has 0 saturated carbocycles. The van der Waals surface area contributed by atoms with Crippen molar-refractivity contribution in [1.82, 2.24) is 4.90 Å². The van der Waals surface area contributed by atoms with Crippen LogP contribution in [0.4, 0.5) is 8.78 Å². The van der Waals surface area contributed by atoms with Crippen LogP contribution in [0.15, 0.2) is 46.9 Å². The molecule has 2 nitrogen and oxygen atoms in total. The van der Waals surface area contributed by atoms with Crippen molar-refractivity contribution in [3.63, 3.8) is 0 Å². The Balaban J connectivity index is 2.00. The number of nitrogens with zero attached hydrogens (tertiary/aromatic N) is 1. The Kier molecular flexibility index (Phi) is 5.20. The van der Waals surface area contributed by atoms with Gasteiger partial charge in [0.05, 0.1) is 12.1 Å². The third-order valence-corrected chi connectivity index (χ3v) is 3.54. The quantitative estimate of drug-likeness (QED) is 0.756. The van der Waals surface area contributed by atoms with Crippen molar-refractivity contribution < 1.29 is 13.6 Å². The largest absolute Gasteiger partial charge is 0.295 e. The molecule has 0 aliphatic rings. The molecule has 0 bridgehead atoms. The van der Waals surface area contributed by atoms with Gasteiger partial charge in [0.2, 0.25) is 0 Å². The van der Waals surface area contributed by atoms with Gasteiger partial charge in [-0.15, -0.1) is 0 Å². The molecule has 0 fully saturated rings. The predicted molar refractivity (Wildman–Crippen MR) is 81.2 cm³/mol. The summed E-state index contributed by atoms with van der Waals surface area (Å²) in [6, 6.07) is 10.7. The van der Waals surface area contributed by atoms with Gasteiger partial charge in [-0.1, -0.05) is 28.1 Å². The Morgan fingerprint density at radius 3 is 2.43 bits per heavy atom. The van der Waals surface area contributed by atoms with Crippen molar-refractivity contribution >= 4 is 21.7 Å². The predicted octanol–water partition coefficient (Wildman–Crippen LogP) is 4.04. The average Bonchev–Trinajstić information content (AvgIpc) is 2.41. The molecular formula is C16H14BrF2NO. The number of likely N-dealkylation sites (N-methyl/N-ethyl adjacent to an activating group) is 1. The van der Waals surface area contributed by atoms with Gasteiger partial charge in [0.25, 0.3) is 0 Å². The number of Topliss-reactive ketones (excluding diaryl/α,β-unsaturated/α-hetero) is 1. The van der Waals surface area contributed by atoms with Crippen LogP contribution in [0.2, 0.25) is 0 Å². The minimum atomic E-state index is -0.822. The van der Waals surface area contributed by atoms with Crippen LogP contribution < -0.4 is 0 Å². The van der Waals surface area contributed by atoms with Gasteiger partial charge >= 0.3 is 0 Å². The molecule has 0 atom stereocenters. The lowest BCUT2D eigenvalue weighted by atomic mass is 10.1. The fourth-order valence-electron chi connectivity index (χ4n) is 2.00. The Bertz CT molecular complexity index is 643. The molecule has 0 unspecified atom stereocenters. The van der Waals surface area contributed by atoms with Crippen LogP contribution in [0.5, 0.6) is 0 Å². The first kappa shape index (κ1) is 15.8. The summed E-state index contributed by atoms with van der Waals surface area (Å²) in [5.41, 5.74) is 0.965. The number of benzene rings is 2. The second-order valence-corrected chi connectivity index (χ2v) is 5.76. The maximum absolute atomic E-state index is 13.5. The van der Waals surface area contributed by atoms with Crippen LogP contribution in [-0.2, 0) is 6.54 Å². The van der Waals surface area contributed by atoms with E-state index >= 15 is 0 Å². The zero-order chi connectivity index (χ0) is 15.4. The fraction of sp³-hybridized carbons (Fsp3) is 0.188. The minimum absolute atomic E-state index is 0.0681. The van der Waals surface area contributed by atoms with Crippen molar-refractivity contribution in [1.29, 1.82) is 0 Å². The molecule has 0 heterocycles. The van der Waals surface area contributed by atoms with Crippen LogP contribution in [0, 0.1) is 11.6 Å². The summed E-state index contributed by atoms with van der Waals surface area (Å²) in [5, 5.41) is 0. The number of carbonyl (C=O) groups is 1. The number of rotatable bonds is 5. The van der Waals surface area contributed by atoms with Gasteiger partial charge in [-0.25, -0.2) is 8.78 Å². The molecule has 2 aromatic carbocycles. The highest BCUT2D eigenvalue weighted by Crippen LogP contribution is 2.13. The number of hydrogen-bond donors (Lipinski definition) is 0. The summed E-state index contributed by atoms with van der Waals surface area (Å²) in [4.78, 5) is 13.8. The number of ketones is 1. The lowest BCUT2D eigenvalue weighted by Gasteiger charge is -2.16. The maximum atomic E-state index is 13.5. The molecule has 0 saturated heterocycles. The van der Waals surface area contributed by atoms with E-state index in [0.717, 1.165) is 22.2 Å². The molecule has 5 heteroatoms. The van der Waals surface area contributed by atoms with E-state index in [0.29, 0.717) is 6.54 Å². The fourth-order valence-corrected chi connectivity index (χ4v) is 2.27. The first-order valence-corrected chi connectivity index (χ1v) is 7.16. The third-order valence-electron chi connectivity index (χ3n) is 3.01. The van der Waals surface area contributed by atoms with Gasteiger partial charge in [-0.05, 0) is 36.9 Å². The van der Waals surface area contributed by atoms with E-state index in [9.17, 15) is 13.6 Å². The Hall–Kier alpha value is -1.59. The monoisotopic (exact) mass is 353 g/mol. The summed E-state index contributed by atoms with van der Waals surface area (Å²) >= 11 is 3.36. The maximum Gasteiger partial charge on any atom is 0.179 e. The van der Waals surface area contributed by atoms with E-state index in [4.69, 9.17) is 0 Å². The number of carbonyl (C=O) groups excluding carboxylic acids is 1. The Morgan fingerprint density at radius 2 is 1.81 bits per heavy atom. The highest BCUT2D eigenvalue weighted by molar-refractivity contribution is 9.10. The molecular weight excluding hydrogens is 340 g/mol. The molecule has 0 amide bonds. The summed E-state index contributed by atoms with van der Waals surface area (Å²) in [7, 11) is 1.78. The van der Waals surface area contributed by atoms with Crippen LogP contribution in [0.3, 0.4) is 0 Å². The molecule has 0 aliphatic carbocycles. The summed E-state index contributed by atoms with van der Waals surface area (Å²) in [5.74, 6) is -1.88. The van der Waals surface area contributed by atoms with Gasteiger partial charge in [0.15, 0.2) is 5.78 Å². The Labute approximate surface area is 130 Å². The molecule has 0 spiro atoms. The summed E-state index contributed by atoms with van der Waals surface area (Å²) in [6.07, 6.45) is 0. The van der Waals surface area contributed by atoms with Crippen molar-refractivity contribution in [3.8, 4) is 0 Å². The van der Waals surface area contributed by atoms with Gasteiger partial charge in [0, 0.05) is 17.1 Å². The van der Waals surface area contributed by atoms with Gasteiger partial charge < -0.3 is 0 Å². The highest BCUT2D eigenvalue weighted by atomic mass is 79.9. The van der Waals surface area contributed by atoms with Gasteiger partial charge in [0.1, 0.15) is 11.6 Å². The van der Waals surface area contributed by atoms with Crippen molar-refractivity contribution in [2.75, 3.05) is 13.6 Å². The summed E-state index contributed by atoms with van der Waals surface area (Å²) < 4.78 is 27.4. The zero-order valence-corrected chi connectivity index (χ0v) is 13.0. The van der Waals surface area contributed by atoms with Crippen molar-refractivity contribution in [2.45, 2.75) is 6.54 Å². The molecule has 0 aromatic heterocycles. The van der Waals surface area contributed by atoms with Gasteiger partial charge in [-0.3, -0.25) is 9.69 Å². The van der Waals surface area contributed by atoms with Gasteiger partial charge in [-0.2, -0.15) is 0 Å². The first-order chi connectivity index (χ1) is 9.95. The minimum Gasteiger partial charge on any atom is -0.295 e. The van der Waals surface area contributed by atoms with Crippen LogP contribution in [0.25, 0.3) is 0 Å². The lowest BCUT2D eigenvalue weighted by Crippen LogP contribution is -2.26. The second kappa shape index (κ2) is 6.91. The standard InChI is InChI=1S/C16H14BrF2NO/c1-20(9-11-2-4-12(17)5-3-11)10-16(21)14-7-6-13(18)8-15(14)19/h2-8H,9-10H2,1H3. The van der Waals surface area contributed by atoms with E-state index in [1.165, 1.54) is 6.07 Å². The van der Waals surface area contributed by atoms with Crippen LogP contribution >= 0.6 is 15.9 Å². The molecule has 110 valence electrons. The smallest absolute Gasteiger partial charge is 0.179 e. The lowest BCUT2D eigenvalue weighted by molar-refractivity contribution is 0.0939. The zero-order valence-electron chi connectivity index (χ0n) is 11.4. The third kappa shape index (κ3) is 4.44. The molecule has 2 aromatic rings. The van der Waals surface area contributed by atoms with E-state index in [1.54, 1.807) is 11.9 Å². The van der Waals surface area contributed by atoms with Crippen molar-refractivity contribution in [3.05, 3.63) is 69.7 Å². The normalized spacial score (nSPS) is 10.9. The molecule has 0 aliphatic heterocycles. The van der Waals surface area contributed by atoms with Crippen LogP contribution in [-0.4, -0.2) is 24.3 Å². The topological polar surface area (TPSA) is 20.3 Å². The molecule has 2 rings (SSSR count).